The number of hydrogen-bond acceptors (Lipinski definition) is 3. The number of rotatable bonds is 5. The van der Waals surface area contributed by atoms with Crippen molar-refractivity contribution in [3.8, 4) is 5.75 Å². The lowest BCUT2D eigenvalue weighted by Crippen LogP contribution is -2.22. The molecule has 1 aromatic heterocycles. The van der Waals surface area contributed by atoms with E-state index in [0.717, 1.165) is 17.7 Å². The Kier molecular flexibility index (Phi) is 3.38. The van der Waals surface area contributed by atoms with Crippen LogP contribution in [0.4, 0.5) is 0 Å². The maximum atomic E-state index is 10.5. The van der Waals surface area contributed by atoms with Gasteiger partial charge in [0.05, 0.1) is 17.9 Å². The van der Waals surface area contributed by atoms with Gasteiger partial charge in [0, 0.05) is 11.8 Å². The third-order valence-corrected chi connectivity index (χ3v) is 3.09. The van der Waals surface area contributed by atoms with Gasteiger partial charge in [-0.15, -0.1) is 0 Å². The van der Waals surface area contributed by atoms with E-state index in [4.69, 9.17) is 4.74 Å². The van der Waals surface area contributed by atoms with Gasteiger partial charge in [0.15, 0.2) is 0 Å². The van der Waals surface area contributed by atoms with Gasteiger partial charge in [0.2, 0.25) is 0 Å². The molecule has 0 spiro atoms. The molecule has 0 bridgehead atoms. The van der Waals surface area contributed by atoms with Crippen LogP contribution in [0.2, 0.25) is 0 Å². The fourth-order valence-electron chi connectivity index (χ4n) is 2.05. The maximum absolute atomic E-state index is 10.5. The van der Waals surface area contributed by atoms with E-state index in [0.29, 0.717) is 5.92 Å². The molecular weight excluding hydrogens is 214 g/mol. The zero-order chi connectivity index (χ0) is 12.5. The molecule has 2 rings (SSSR count). The van der Waals surface area contributed by atoms with E-state index in [1.54, 1.807) is 12.4 Å². The highest BCUT2D eigenvalue weighted by molar-refractivity contribution is 5.28. The second-order valence-corrected chi connectivity index (χ2v) is 5.50. The van der Waals surface area contributed by atoms with Gasteiger partial charge in [-0.25, -0.2) is 0 Å². The molecule has 17 heavy (non-hydrogen) atoms. The monoisotopic (exact) mass is 235 g/mol. The molecule has 0 amide bonds. The van der Waals surface area contributed by atoms with Gasteiger partial charge in [-0.05, 0) is 39.2 Å². The fourth-order valence-corrected chi connectivity index (χ4v) is 2.05. The standard InChI is InChI=1S/C14H21NO2/c1-10(2)17-13-6-12(8-15-9-13)14(3,16)7-11-4-5-11/h6,8-11,16H,4-5,7H2,1-3H3. The van der Waals surface area contributed by atoms with Gasteiger partial charge in [-0.2, -0.15) is 0 Å². The van der Waals surface area contributed by atoms with Crippen LogP contribution in [0.5, 0.6) is 5.75 Å². The second kappa shape index (κ2) is 4.65. The van der Waals surface area contributed by atoms with Crippen LogP contribution in [0.3, 0.4) is 0 Å². The van der Waals surface area contributed by atoms with Gasteiger partial charge in [-0.1, -0.05) is 12.8 Å². The predicted molar refractivity (Wildman–Crippen MR) is 66.9 cm³/mol. The highest BCUT2D eigenvalue weighted by Crippen LogP contribution is 2.40. The topological polar surface area (TPSA) is 42.4 Å². The third kappa shape index (κ3) is 3.43. The first-order valence-electron chi connectivity index (χ1n) is 6.32. The average Bonchev–Trinajstić information content (AvgIpc) is 3.00. The van der Waals surface area contributed by atoms with Gasteiger partial charge >= 0.3 is 0 Å². The predicted octanol–water partition coefficient (Wildman–Crippen LogP) is 2.88. The molecule has 1 atom stereocenters. The van der Waals surface area contributed by atoms with Crippen molar-refractivity contribution in [3.05, 3.63) is 24.0 Å². The van der Waals surface area contributed by atoms with Crippen molar-refractivity contribution < 1.29 is 9.84 Å². The lowest BCUT2D eigenvalue weighted by atomic mass is 9.91. The number of pyridine rings is 1. The minimum Gasteiger partial charge on any atom is -0.489 e. The zero-order valence-corrected chi connectivity index (χ0v) is 10.8. The van der Waals surface area contributed by atoms with Crippen LogP contribution in [-0.2, 0) is 5.60 Å². The lowest BCUT2D eigenvalue weighted by Gasteiger charge is -2.24. The number of ether oxygens (including phenoxy) is 1. The summed E-state index contributed by atoms with van der Waals surface area (Å²) >= 11 is 0. The molecule has 1 aromatic rings. The molecule has 1 aliphatic rings. The van der Waals surface area contributed by atoms with Gasteiger partial charge in [-0.3, -0.25) is 4.98 Å². The molecule has 1 saturated carbocycles. The molecule has 0 radical (unpaired) electrons. The normalized spacial score (nSPS) is 19.1. The molecular formula is C14H21NO2. The quantitative estimate of drug-likeness (QED) is 0.853. The van der Waals surface area contributed by atoms with Crippen molar-refractivity contribution in [1.82, 2.24) is 4.98 Å². The Labute approximate surface area is 103 Å². The number of aliphatic hydroxyl groups is 1. The Hall–Kier alpha value is -1.09. The molecule has 1 heterocycles. The van der Waals surface area contributed by atoms with E-state index in [2.05, 4.69) is 4.98 Å². The van der Waals surface area contributed by atoms with E-state index < -0.39 is 5.60 Å². The van der Waals surface area contributed by atoms with E-state index in [-0.39, 0.29) is 6.10 Å². The van der Waals surface area contributed by atoms with Gasteiger partial charge < -0.3 is 9.84 Å². The summed E-state index contributed by atoms with van der Waals surface area (Å²) in [6.45, 7) is 5.82. The molecule has 0 saturated heterocycles. The van der Waals surface area contributed by atoms with Crippen molar-refractivity contribution in [2.45, 2.75) is 51.7 Å². The molecule has 0 aromatic carbocycles. The van der Waals surface area contributed by atoms with Crippen LogP contribution in [0, 0.1) is 5.92 Å². The molecule has 3 nitrogen and oxygen atoms in total. The minimum atomic E-state index is -0.787. The van der Waals surface area contributed by atoms with Gasteiger partial charge in [0.1, 0.15) is 5.75 Å². The summed E-state index contributed by atoms with van der Waals surface area (Å²) in [6, 6.07) is 1.90. The largest absolute Gasteiger partial charge is 0.489 e. The Morgan fingerprint density at radius 2 is 2.18 bits per heavy atom. The van der Waals surface area contributed by atoms with Crippen LogP contribution in [-0.4, -0.2) is 16.2 Å². The molecule has 1 unspecified atom stereocenters. The summed E-state index contributed by atoms with van der Waals surface area (Å²) in [6.07, 6.45) is 6.85. The Bertz CT molecular complexity index is 384. The van der Waals surface area contributed by atoms with Crippen molar-refractivity contribution in [2.75, 3.05) is 0 Å². The first-order chi connectivity index (χ1) is 7.97. The van der Waals surface area contributed by atoms with Crippen molar-refractivity contribution in [3.63, 3.8) is 0 Å². The van der Waals surface area contributed by atoms with Crippen LogP contribution in [0.25, 0.3) is 0 Å². The molecule has 0 aliphatic heterocycles. The third-order valence-electron chi connectivity index (χ3n) is 3.09. The maximum Gasteiger partial charge on any atom is 0.138 e. The summed E-state index contributed by atoms with van der Waals surface area (Å²) in [7, 11) is 0. The molecule has 1 N–H and O–H groups in total. The number of aromatic nitrogens is 1. The number of nitrogens with zero attached hydrogens (tertiary/aromatic N) is 1. The van der Waals surface area contributed by atoms with Crippen molar-refractivity contribution in [1.29, 1.82) is 0 Å². The Morgan fingerprint density at radius 3 is 2.76 bits per heavy atom. The van der Waals surface area contributed by atoms with Crippen LogP contribution in [0.1, 0.15) is 45.6 Å². The summed E-state index contributed by atoms with van der Waals surface area (Å²) < 4.78 is 5.60. The van der Waals surface area contributed by atoms with E-state index >= 15 is 0 Å². The molecule has 94 valence electrons. The molecule has 1 fully saturated rings. The first kappa shape index (κ1) is 12.4. The first-order valence-corrected chi connectivity index (χ1v) is 6.32. The minimum absolute atomic E-state index is 0.125. The summed E-state index contributed by atoms with van der Waals surface area (Å²) in [5.41, 5.74) is 0.0624. The van der Waals surface area contributed by atoms with E-state index in [1.807, 2.05) is 26.8 Å². The van der Waals surface area contributed by atoms with Crippen LogP contribution < -0.4 is 4.74 Å². The van der Waals surface area contributed by atoms with Crippen molar-refractivity contribution in [2.24, 2.45) is 5.92 Å². The SMILES string of the molecule is CC(C)Oc1cncc(C(C)(O)CC2CC2)c1. The number of hydrogen-bond donors (Lipinski definition) is 1. The Balaban J connectivity index is 2.13. The summed E-state index contributed by atoms with van der Waals surface area (Å²) in [5.74, 6) is 1.41. The smallest absolute Gasteiger partial charge is 0.138 e. The van der Waals surface area contributed by atoms with Crippen molar-refractivity contribution >= 4 is 0 Å². The van der Waals surface area contributed by atoms with E-state index in [9.17, 15) is 5.11 Å². The van der Waals surface area contributed by atoms with Gasteiger partial charge in [0.25, 0.3) is 0 Å². The molecule has 1 aliphatic carbocycles. The summed E-state index contributed by atoms with van der Waals surface area (Å²) in [4.78, 5) is 4.15. The summed E-state index contributed by atoms with van der Waals surface area (Å²) in [5, 5.41) is 10.5. The zero-order valence-electron chi connectivity index (χ0n) is 10.8. The molecule has 3 heteroatoms. The fraction of sp³-hybridized carbons (Fsp3) is 0.643. The Morgan fingerprint density at radius 1 is 1.47 bits per heavy atom. The van der Waals surface area contributed by atoms with E-state index in [1.165, 1.54) is 12.8 Å². The van der Waals surface area contributed by atoms with Crippen LogP contribution >= 0.6 is 0 Å². The lowest BCUT2D eigenvalue weighted by molar-refractivity contribution is 0.0410. The average molecular weight is 235 g/mol. The highest BCUT2D eigenvalue weighted by atomic mass is 16.5. The van der Waals surface area contributed by atoms with Crippen LogP contribution in [0.15, 0.2) is 18.5 Å². The highest BCUT2D eigenvalue weighted by Gasteiger charge is 2.33. The second-order valence-electron chi connectivity index (χ2n) is 5.50.